The molecule has 12 heavy (non-hydrogen) atoms. The maximum atomic E-state index is 11.0. The average Bonchev–Trinajstić information content (AvgIpc) is 2.04. The van der Waals surface area contributed by atoms with Gasteiger partial charge in [0.15, 0.2) is 0 Å². The molecule has 2 aliphatic heterocycles. The smallest absolute Gasteiger partial charge is 0.224 e. The molecule has 0 bridgehead atoms. The van der Waals surface area contributed by atoms with Crippen LogP contribution in [0.2, 0.25) is 0 Å². The molecule has 1 saturated heterocycles. The van der Waals surface area contributed by atoms with Gasteiger partial charge >= 0.3 is 0 Å². The predicted octanol–water partition coefficient (Wildman–Crippen LogP) is 0.737. The van der Waals surface area contributed by atoms with Gasteiger partial charge in [-0.3, -0.25) is 4.79 Å². The van der Waals surface area contributed by atoms with Crippen LogP contribution in [-0.2, 0) is 4.79 Å². The van der Waals surface area contributed by atoms with E-state index in [0.29, 0.717) is 6.42 Å². The number of halogens is 1. The summed E-state index contributed by atoms with van der Waals surface area (Å²) in [6.45, 7) is 0. The van der Waals surface area contributed by atoms with Gasteiger partial charge in [0, 0.05) is 17.7 Å². The lowest BCUT2D eigenvalue weighted by Gasteiger charge is -2.21. The van der Waals surface area contributed by atoms with Gasteiger partial charge in [0.1, 0.15) is 0 Å². The van der Waals surface area contributed by atoms with Crippen LogP contribution in [0, 0.1) is 0 Å². The third kappa shape index (κ3) is 1.31. The van der Waals surface area contributed by atoms with Gasteiger partial charge in [-0.2, -0.15) is 0 Å². The van der Waals surface area contributed by atoms with E-state index in [9.17, 15) is 4.79 Å². The Labute approximate surface area is 80.4 Å². The minimum absolute atomic E-state index is 0.103. The van der Waals surface area contributed by atoms with Crippen LogP contribution in [0.1, 0.15) is 12.8 Å². The van der Waals surface area contributed by atoms with Crippen LogP contribution >= 0.6 is 20.7 Å². The first-order chi connectivity index (χ1) is 5.77. The van der Waals surface area contributed by atoms with E-state index in [-0.39, 0.29) is 26.6 Å². The summed E-state index contributed by atoms with van der Waals surface area (Å²) < 4.78 is 3.09. The highest BCUT2D eigenvalue weighted by atomic mass is 127. The highest BCUT2D eigenvalue weighted by Gasteiger charge is 2.19. The molecule has 0 aromatic heterocycles. The summed E-state index contributed by atoms with van der Waals surface area (Å²) in [6.07, 6.45) is 3.38. The summed E-state index contributed by atoms with van der Waals surface area (Å²) in [4.78, 5) is 11.0. The fourth-order valence-electron chi connectivity index (χ4n) is 1.28. The Bertz CT molecular complexity index is 328. The monoisotopic (exact) mass is 276 g/mol. The highest BCUT2D eigenvalue weighted by Crippen LogP contribution is 2.28. The van der Waals surface area contributed by atoms with Crippen molar-refractivity contribution in [1.82, 2.24) is 5.32 Å². The fraction of sp³-hybridized carbons (Fsp3) is 0.250. The Kier molecular flexibility index (Phi) is 2.00. The molecule has 3 nitrogen and oxygen atoms in total. The SMILES string of the molecule is NC1=C2CCC(=O)NC2=CC=I1. The Hall–Kier alpha value is -0.650. The van der Waals surface area contributed by atoms with Crippen molar-refractivity contribution in [3.8, 4) is 0 Å². The summed E-state index contributed by atoms with van der Waals surface area (Å²) in [5.74, 6) is 0.103. The van der Waals surface area contributed by atoms with Crippen LogP contribution in [-0.4, -0.2) is 9.92 Å². The second-order valence-electron chi connectivity index (χ2n) is 2.69. The first kappa shape index (κ1) is 7.97. The highest BCUT2D eigenvalue weighted by molar-refractivity contribution is 14.2. The lowest BCUT2D eigenvalue weighted by Crippen LogP contribution is -2.30. The summed E-state index contributed by atoms with van der Waals surface area (Å²) in [6, 6.07) is 0. The van der Waals surface area contributed by atoms with Crippen LogP contribution in [0.15, 0.2) is 21.0 Å². The number of hydrogen-bond donors (Lipinski definition) is 2. The molecule has 1 fully saturated rings. The van der Waals surface area contributed by atoms with Crippen molar-refractivity contribution in [2.75, 3.05) is 0 Å². The molecule has 0 spiro atoms. The molecule has 0 radical (unpaired) electrons. The number of carbonyl (C=O) groups excluding carboxylic acids is 1. The van der Waals surface area contributed by atoms with E-state index in [0.717, 1.165) is 15.8 Å². The van der Waals surface area contributed by atoms with Gasteiger partial charge in [-0.15, -0.1) is 0 Å². The average molecular weight is 276 g/mol. The minimum Gasteiger partial charge on any atom is -0.394 e. The third-order valence-corrected chi connectivity index (χ3v) is 3.94. The van der Waals surface area contributed by atoms with E-state index >= 15 is 0 Å². The van der Waals surface area contributed by atoms with Crippen LogP contribution in [0.3, 0.4) is 0 Å². The number of carbonyl (C=O) groups is 1. The number of rotatable bonds is 0. The molecule has 4 heteroatoms. The molecule has 0 unspecified atom stereocenters. The molecule has 0 aromatic rings. The van der Waals surface area contributed by atoms with Gasteiger partial charge in [0.2, 0.25) is 5.91 Å². The minimum atomic E-state index is -0.104. The van der Waals surface area contributed by atoms with Crippen molar-refractivity contribution in [1.29, 1.82) is 0 Å². The standard InChI is InChI=1S/C8H9IN2O/c10-8-5-1-2-7(12)11-6(5)3-4-9-8/h3-4H,1-2,10H2,(H,11,12). The Morgan fingerprint density at radius 3 is 3.17 bits per heavy atom. The van der Waals surface area contributed by atoms with Crippen LogP contribution in [0.5, 0.6) is 0 Å². The maximum absolute atomic E-state index is 11.0. The van der Waals surface area contributed by atoms with Gasteiger partial charge in [-0.25, -0.2) is 0 Å². The zero-order valence-electron chi connectivity index (χ0n) is 6.43. The van der Waals surface area contributed by atoms with Crippen LogP contribution in [0.25, 0.3) is 0 Å². The van der Waals surface area contributed by atoms with Gasteiger partial charge in [0.05, 0.1) is 3.70 Å². The third-order valence-electron chi connectivity index (χ3n) is 1.90. The van der Waals surface area contributed by atoms with Crippen molar-refractivity contribution < 1.29 is 4.79 Å². The zero-order chi connectivity index (χ0) is 8.55. The predicted molar refractivity (Wildman–Crippen MR) is 56.8 cm³/mol. The van der Waals surface area contributed by atoms with Crippen molar-refractivity contribution in [2.45, 2.75) is 12.8 Å². The van der Waals surface area contributed by atoms with Gasteiger partial charge in [-0.1, -0.05) is 20.7 Å². The second kappa shape index (κ2) is 3.01. The van der Waals surface area contributed by atoms with Crippen molar-refractivity contribution in [3.05, 3.63) is 21.0 Å². The number of allylic oxidation sites excluding steroid dienone is 2. The molecule has 0 aromatic carbocycles. The number of nitrogens with two attached hydrogens (primary N) is 1. The Morgan fingerprint density at radius 1 is 1.50 bits per heavy atom. The molecule has 3 N–H and O–H groups in total. The molecule has 0 atom stereocenters. The molecular weight excluding hydrogens is 267 g/mol. The first-order valence-electron chi connectivity index (χ1n) is 3.73. The topological polar surface area (TPSA) is 55.1 Å². The summed E-state index contributed by atoms with van der Waals surface area (Å²) >= 11 is -0.104. The van der Waals surface area contributed by atoms with E-state index in [1.807, 2.05) is 6.08 Å². The number of hydrogen-bond acceptors (Lipinski definition) is 2. The molecule has 2 heterocycles. The summed E-state index contributed by atoms with van der Waals surface area (Å²) in [7, 11) is 0. The first-order valence-corrected chi connectivity index (χ1v) is 6.05. The number of fused-ring (bicyclic) bond motifs is 1. The van der Waals surface area contributed by atoms with E-state index in [1.165, 1.54) is 5.57 Å². The van der Waals surface area contributed by atoms with Crippen molar-refractivity contribution in [3.63, 3.8) is 0 Å². The molecular formula is C8H9IN2O. The van der Waals surface area contributed by atoms with Gasteiger partial charge in [0.25, 0.3) is 0 Å². The molecule has 0 saturated carbocycles. The Morgan fingerprint density at radius 2 is 2.33 bits per heavy atom. The lowest BCUT2D eigenvalue weighted by atomic mass is 10.0. The normalized spacial score (nSPS) is 22.3. The zero-order valence-corrected chi connectivity index (χ0v) is 8.59. The van der Waals surface area contributed by atoms with E-state index in [4.69, 9.17) is 5.73 Å². The summed E-state index contributed by atoms with van der Waals surface area (Å²) in [5.41, 5.74) is 7.94. The fourth-order valence-corrected chi connectivity index (χ4v) is 3.14. The van der Waals surface area contributed by atoms with E-state index in [2.05, 4.69) is 9.33 Å². The largest absolute Gasteiger partial charge is 0.394 e. The molecule has 2 rings (SSSR count). The second-order valence-corrected chi connectivity index (χ2v) is 5.19. The number of nitrogens with one attached hydrogen (secondary N) is 1. The molecule has 0 aliphatic carbocycles. The van der Waals surface area contributed by atoms with E-state index < -0.39 is 0 Å². The molecule has 2 aliphatic rings. The Balaban J connectivity index is 2.38. The van der Waals surface area contributed by atoms with Gasteiger partial charge in [-0.05, 0) is 16.5 Å². The van der Waals surface area contributed by atoms with Crippen LogP contribution in [0.4, 0.5) is 0 Å². The molecule has 1 amide bonds. The van der Waals surface area contributed by atoms with Crippen LogP contribution < -0.4 is 11.1 Å². The number of amides is 1. The number of piperidine rings is 1. The van der Waals surface area contributed by atoms with Gasteiger partial charge < -0.3 is 11.1 Å². The van der Waals surface area contributed by atoms with Crippen molar-refractivity contribution >= 4 is 30.6 Å². The van der Waals surface area contributed by atoms with Crippen molar-refractivity contribution in [2.24, 2.45) is 5.73 Å². The van der Waals surface area contributed by atoms with E-state index in [1.54, 1.807) is 0 Å². The quantitative estimate of drug-likeness (QED) is 0.506. The molecule has 64 valence electrons. The lowest BCUT2D eigenvalue weighted by molar-refractivity contribution is -0.120. The summed E-state index contributed by atoms with van der Waals surface area (Å²) in [5, 5.41) is 2.82. The maximum Gasteiger partial charge on any atom is 0.224 e.